The molecule has 4 nitrogen and oxygen atoms in total. The maximum absolute atomic E-state index is 10.5. The van der Waals surface area contributed by atoms with Crippen molar-refractivity contribution in [3.8, 4) is 0 Å². The van der Waals surface area contributed by atoms with Gasteiger partial charge in [0.05, 0.1) is 12.7 Å². The summed E-state index contributed by atoms with van der Waals surface area (Å²) in [7, 11) is 0. The Balaban J connectivity index is 2.87. The Morgan fingerprint density at radius 1 is 1.69 bits per heavy atom. The zero-order chi connectivity index (χ0) is 9.90. The van der Waals surface area contributed by atoms with Gasteiger partial charge >= 0.3 is 5.97 Å². The number of hydrogen-bond acceptors (Lipinski definition) is 3. The third-order valence-electron chi connectivity index (χ3n) is 2.01. The highest BCUT2D eigenvalue weighted by Crippen LogP contribution is 2.28. The highest BCUT2D eigenvalue weighted by Gasteiger charge is 2.32. The lowest BCUT2D eigenvalue weighted by Gasteiger charge is -2.21. The van der Waals surface area contributed by atoms with E-state index in [1.165, 1.54) is 6.26 Å². The molecule has 2 N–H and O–H groups in total. The first kappa shape index (κ1) is 9.80. The molecule has 0 amide bonds. The Morgan fingerprint density at radius 3 is 2.77 bits per heavy atom. The topological polar surface area (TPSA) is 70.7 Å². The fourth-order valence-electron chi connectivity index (χ4n) is 1.18. The van der Waals surface area contributed by atoms with E-state index in [9.17, 15) is 9.90 Å². The van der Waals surface area contributed by atoms with Gasteiger partial charge in [-0.25, -0.2) is 0 Å². The summed E-state index contributed by atoms with van der Waals surface area (Å²) >= 11 is 0. The van der Waals surface area contributed by atoms with Crippen LogP contribution in [0.2, 0.25) is 0 Å². The van der Waals surface area contributed by atoms with Gasteiger partial charge in [-0.3, -0.25) is 4.79 Å². The summed E-state index contributed by atoms with van der Waals surface area (Å²) in [5.74, 6) is -0.738. The van der Waals surface area contributed by atoms with Crippen LogP contribution in [0.4, 0.5) is 0 Å². The number of hydrogen-bond donors (Lipinski definition) is 2. The quantitative estimate of drug-likeness (QED) is 0.741. The highest BCUT2D eigenvalue weighted by molar-refractivity contribution is 5.68. The van der Waals surface area contributed by atoms with Crippen LogP contribution in [-0.4, -0.2) is 16.2 Å². The largest absolute Gasteiger partial charge is 0.481 e. The van der Waals surface area contributed by atoms with Crippen LogP contribution >= 0.6 is 0 Å². The van der Waals surface area contributed by atoms with E-state index in [1.807, 2.05) is 0 Å². The number of carboxylic acids is 1. The summed E-state index contributed by atoms with van der Waals surface area (Å²) in [5, 5.41) is 18.5. The summed E-state index contributed by atoms with van der Waals surface area (Å²) < 4.78 is 4.98. The minimum atomic E-state index is -1.38. The molecule has 0 fully saturated rings. The molecule has 72 valence electrons. The van der Waals surface area contributed by atoms with Gasteiger partial charge in [-0.1, -0.05) is 6.92 Å². The molecule has 0 saturated carbocycles. The number of carbonyl (C=O) groups is 1. The molecule has 1 heterocycles. The summed E-state index contributed by atoms with van der Waals surface area (Å²) in [5.41, 5.74) is -1.38. The molecular weight excluding hydrogens is 172 g/mol. The van der Waals surface area contributed by atoms with Crippen molar-refractivity contribution >= 4 is 5.97 Å². The van der Waals surface area contributed by atoms with Crippen molar-refractivity contribution in [3.05, 3.63) is 24.2 Å². The second-order valence-corrected chi connectivity index (χ2v) is 2.93. The molecule has 0 aromatic carbocycles. The lowest BCUT2D eigenvalue weighted by molar-refractivity contribution is -0.144. The van der Waals surface area contributed by atoms with Crippen LogP contribution < -0.4 is 0 Å². The van der Waals surface area contributed by atoms with Crippen LogP contribution in [0, 0.1) is 0 Å². The van der Waals surface area contributed by atoms with Gasteiger partial charge in [0.15, 0.2) is 0 Å². The van der Waals surface area contributed by atoms with Crippen molar-refractivity contribution in [1.29, 1.82) is 0 Å². The second-order valence-electron chi connectivity index (χ2n) is 2.93. The van der Waals surface area contributed by atoms with Crippen LogP contribution in [0.3, 0.4) is 0 Å². The van der Waals surface area contributed by atoms with Crippen LogP contribution in [-0.2, 0) is 10.4 Å². The fourth-order valence-corrected chi connectivity index (χ4v) is 1.18. The van der Waals surface area contributed by atoms with Gasteiger partial charge in [-0.2, -0.15) is 0 Å². The Morgan fingerprint density at radius 2 is 2.38 bits per heavy atom. The van der Waals surface area contributed by atoms with Crippen LogP contribution in [0.1, 0.15) is 25.5 Å². The van der Waals surface area contributed by atoms with E-state index >= 15 is 0 Å². The lowest BCUT2D eigenvalue weighted by atomic mass is 9.94. The number of rotatable bonds is 4. The standard InChI is InChI=1S/C9H12O4/c1-2-9(12,6-8(10)11)7-4-3-5-13-7/h3-5,12H,2,6H2,1H3,(H,10,11)/t9-/m0/s1. The molecule has 0 saturated heterocycles. The minimum Gasteiger partial charge on any atom is -0.481 e. The molecule has 13 heavy (non-hydrogen) atoms. The van der Waals surface area contributed by atoms with E-state index in [0.29, 0.717) is 12.2 Å². The number of aliphatic hydroxyl groups is 1. The summed E-state index contributed by atoms with van der Waals surface area (Å²) in [6.45, 7) is 1.71. The van der Waals surface area contributed by atoms with E-state index < -0.39 is 11.6 Å². The molecule has 0 aliphatic heterocycles. The Labute approximate surface area is 75.8 Å². The first-order valence-electron chi connectivity index (χ1n) is 4.06. The monoisotopic (exact) mass is 184 g/mol. The molecule has 0 spiro atoms. The van der Waals surface area contributed by atoms with Gasteiger partial charge in [-0.05, 0) is 18.6 Å². The third kappa shape index (κ3) is 2.09. The normalized spacial score (nSPS) is 15.2. The Bertz CT molecular complexity index is 278. The first-order valence-corrected chi connectivity index (χ1v) is 4.06. The first-order chi connectivity index (χ1) is 6.08. The summed E-state index contributed by atoms with van der Waals surface area (Å²) in [6, 6.07) is 3.20. The van der Waals surface area contributed by atoms with Crippen molar-refractivity contribution in [2.45, 2.75) is 25.4 Å². The van der Waals surface area contributed by atoms with Gasteiger partial charge in [0.1, 0.15) is 11.4 Å². The third-order valence-corrected chi connectivity index (χ3v) is 2.01. The van der Waals surface area contributed by atoms with Crippen molar-refractivity contribution in [2.75, 3.05) is 0 Å². The van der Waals surface area contributed by atoms with Crippen LogP contribution in [0.25, 0.3) is 0 Å². The van der Waals surface area contributed by atoms with Crippen LogP contribution in [0.15, 0.2) is 22.8 Å². The molecule has 0 aliphatic carbocycles. The summed E-state index contributed by atoms with van der Waals surface area (Å²) in [6.07, 6.45) is 1.39. The zero-order valence-corrected chi connectivity index (χ0v) is 7.36. The second kappa shape index (κ2) is 3.62. The lowest BCUT2D eigenvalue weighted by Crippen LogP contribution is -2.27. The minimum absolute atomic E-state index is 0.303. The van der Waals surface area contributed by atoms with E-state index in [2.05, 4.69) is 0 Å². The van der Waals surface area contributed by atoms with Gasteiger partial charge in [0.2, 0.25) is 0 Å². The zero-order valence-electron chi connectivity index (χ0n) is 7.36. The van der Waals surface area contributed by atoms with Gasteiger partial charge in [-0.15, -0.1) is 0 Å². The highest BCUT2D eigenvalue weighted by atomic mass is 16.4. The van der Waals surface area contributed by atoms with Crippen molar-refractivity contribution < 1.29 is 19.4 Å². The predicted molar refractivity (Wildman–Crippen MR) is 45.1 cm³/mol. The molecule has 4 heteroatoms. The fraction of sp³-hybridized carbons (Fsp3) is 0.444. The van der Waals surface area contributed by atoms with E-state index in [-0.39, 0.29) is 6.42 Å². The summed E-state index contributed by atoms with van der Waals surface area (Å²) in [4.78, 5) is 10.5. The Hall–Kier alpha value is -1.29. The maximum atomic E-state index is 10.5. The van der Waals surface area contributed by atoms with Crippen LogP contribution in [0.5, 0.6) is 0 Å². The van der Waals surface area contributed by atoms with Crippen molar-refractivity contribution in [2.24, 2.45) is 0 Å². The van der Waals surface area contributed by atoms with Crippen molar-refractivity contribution in [3.63, 3.8) is 0 Å². The smallest absolute Gasteiger partial charge is 0.306 e. The molecular formula is C9H12O4. The average Bonchev–Trinajstić information content (AvgIpc) is 2.55. The van der Waals surface area contributed by atoms with Gasteiger partial charge in [0, 0.05) is 0 Å². The molecule has 1 aromatic rings. The van der Waals surface area contributed by atoms with E-state index in [1.54, 1.807) is 19.1 Å². The maximum Gasteiger partial charge on any atom is 0.306 e. The molecule has 1 aromatic heterocycles. The number of carboxylic acid groups (broad SMARTS) is 1. The molecule has 0 aliphatic rings. The molecule has 0 bridgehead atoms. The average molecular weight is 184 g/mol. The Kier molecular flexibility index (Phi) is 2.72. The van der Waals surface area contributed by atoms with Crippen molar-refractivity contribution in [1.82, 2.24) is 0 Å². The number of aliphatic carboxylic acids is 1. The molecule has 0 radical (unpaired) electrons. The van der Waals surface area contributed by atoms with Gasteiger partial charge in [0.25, 0.3) is 0 Å². The van der Waals surface area contributed by atoms with E-state index in [0.717, 1.165) is 0 Å². The molecule has 0 unspecified atom stereocenters. The SMILES string of the molecule is CC[C@](O)(CC(=O)O)c1ccco1. The van der Waals surface area contributed by atoms with Gasteiger partial charge < -0.3 is 14.6 Å². The molecule has 1 atom stereocenters. The van der Waals surface area contributed by atoms with E-state index in [4.69, 9.17) is 9.52 Å². The molecule has 1 rings (SSSR count). The predicted octanol–water partition coefficient (Wildman–Crippen LogP) is 1.35. The number of furan rings is 1.